The van der Waals surface area contributed by atoms with Crippen LogP contribution in [-0.2, 0) is 24.2 Å². The van der Waals surface area contributed by atoms with Crippen LogP contribution in [0, 0.1) is 0 Å². The van der Waals surface area contributed by atoms with E-state index in [9.17, 15) is 4.79 Å². The first kappa shape index (κ1) is 16.6. The van der Waals surface area contributed by atoms with E-state index in [-0.39, 0.29) is 5.91 Å². The minimum absolute atomic E-state index is 0.0579. The van der Waals surface area contributed by atoms with Gasteiger partial charge in [-0.15, -0.1) is 10.2 Å². The van der Waals surface area contributed by atoms with E-state index in [4.69, 9.17) is 4.52 Å². The highest BCUT2D eigenvalue weighted by molar-refractivity contribution is 7.15. The summed E-state index contributed by atoms with van der Waals surface area (Å²) >= 11 is 1.41. The second-order valence-corrected chi connectivity index (χ2v) is 6.09. The molecule has 7 nitrogen and oxygen atoms in total. The molecule has 0 bridgehead atoms. The molecule has 0 aliphatic heterocycles. The average molecular weight is 323 g/mol. The topological polar surface area (TPSA) is 84.2 Å². The van der Waals surface area contributed by atoms with Gasteiger partial charge in [-0.05, 0) is 19.9 Å². The van der Waals surface area contributed by atoms with Crippen molar-refractivity contribution < 1.29 is 9.32 Å². The molecule has 2 heterocycles. The highest BCUT2D eigenvalue weighted by atomic mass is 32.1. The van der Waals surface area contributed by atoms with E-state index in [2.05, 4.69) is 20.7 Å². The number of anilines is 1. The molecule has 0 radical (unpaired) electrons. The van der Waals surface area contributed by atoms with Gasteiger partial charge in [0.15, 0.2) is 5.76 Å². The Balaban J connectivity index is 1.73. The maximum Gasteiger partial charge on any atom is 0.227 e. The quantitative estimate of drug-likeness (QED) is 0.801. The molecule has 2 aromatic heterocycles. The number of carbonyl (C=O) groups excluding carboxylic acids is 1. The molecular weight excluding hydrogens is 302 g/mol. The molecule has 0 fully saturated rings. The largest absolute Gasteiger partial charge is 0.360 e. The summed E-state index contributed by atoms with van der Waals surface area (Å²) in [5, 5.41) is 16.1. The molecule has 0 saturated carbocycles. The third kappa shape index (κ3) is 4.88. The summed E-state index contributed by atoms with van der Waals surface area (Å²) in [5.74, 6) is 0.758. The van der Waals surface area contributed by atoms with Gasteiger partial charge in [0, 0.05) is 19.0 Å². The molecule has 22 heavy (non-hydrogen) atoms. The Morgan fingerprint density at radius 3 is 2.82 bits per heavy atom. The van der Waals surface area contributed by atoms with Crippen LogP contribution >= 0.6 is 11.3 Å². The zero-order valence-electron chi connectivity index (χ0n) is 13.1. The minimum atomic E-state index is -0.0579. The van der Waals surface area contributed by atoms with E-state index in [1.807, 2.05) is 31.9 Å². The first-order valence-electron chi connectivity index (χ1n) is 7.36. The van der Waals surface area contributed by atoms with Gasteiger partial charge in [0.25, 0.3) is 0 Å². The van der Waals surface area contributed by atoms with Crippen molar-refractivity contribution in [2.75, 3.05) is 18.9 Å². The van der Waals surface area contributed by atoms with Crippen LogP contribution in [0.3, 0.4) is 0 Å². The van der Waals surface area contributed by atoms with Crippen molar-refractivity contribution in [1.82, 2.24) is 20.3 Å². The first-order valence-corrected chi connectivity index (χ1v) is 8.17. The monoisotopic (exact) mass is 323 g/mol. The standard InChI is InChI=1S/C14H21N5O2S/c1-4-10-8-11(21-18-10)9-19(3)7-6-12(20)15-14-17-16-13(5-2)22-14/h8H,4-7,9H2,1-3H3,(H,15,17,20). The summed E-state index contributed by atoms with van der Waals surface area (Å²) in [5.41, 5.74) is 0.948. The SMILES string of the molecule is CCc1cc(CN(C)CCC(=O)Nc2nnc(CC)s2)on1. The molecule has 1 amide bonds. The van der Waals surface area contributed by atoms with E-state index in [0.717, 1.165) is 29.3 Å². The Morgan fingerprint density at radius 2 is 2.18 bits per heavy atom. The van der Waals surface area contributed by atoms with Crippen LogP contribution in [0.4, 0.5) is 5.13 Å². The zero-order chi connectivity index (χ0) is 15.9. The fourth-order valence-electron chi connectivity index (χ4n) is 1.86. The molecule has 0 atom stereocenters. The van der Waals surface area contributed by atoms with Gasteiger partial charge >= 0.3 is 0 Å². The molecule has 0 unspecified atom stereocenters. The molecule has 0 saturated heterocycles. The van der Waals surface area contributed by atoms with Gasteiger partial charge in [-0.2, -0.15) is 0 Å². The number of hydrogen-bond acceptors (Lipinski definition) is 7. The average Bonchev–Trinajstić information content (AvgIpc) is 3.14. The summed E-state index contributed by atoms with van der Waals surface area (Å²) in [6.45, 7) is 5.31. The normalized spacial score (nSPS) is 11.1. The number of hydrogen-bond donors (Lipinski definition) is 1. The maximum atomic E-state index is 11.9. The van der Waals surface area contributed by atoms with Crippen molar-refractivity contribution in [3.63, 3.8) is 0 Å². The lowest BCUT2D eigenvalue weighted by Gasteiger charge is -2.13. The zero-order valence-corrected chi connectivity index (χ0v) is 13.9. The second kappa shape index (κ2) is 8.00. The van der Waals surface area contributed by atoms with Crippen molar-refractivity contribution in [3.05, 3.63) is 22.5 Å². The lowest BCUT2D eigenvalue weighted by Crippen LogP contribution is -2.23. The lowest BCUT2D eigenvalue weighted by atomic mass is 10.3. The molecule has 1 N–H and O–H groups in total. The molecular formula is C14H21N5O2S. The van der Waals surface area contributed by atoms with Crippen molar-refractivity contribution in [2.24, 2.45) is 0 Å². The van der Waals surface area contributed by atoms with Crippen LogP contribution in [0.2, 0.25) is 0 Å². The van der Waals surface area contributed by atoms with E-state index in [1.54, 1.807) is 0 Å². The fourth-order valence-corrected chi connectivity index (χ4v) is 2.56. The molecule has 0 aliphatic rings. The first-order chi connectivity index (χ1) is 10.6. The summed E-state index contributed by atoms with van der Waals surface area (Å²) in [4.78, 5) is 13.9. The Hall–Kier alpha value is -1.80. The number of aromatic nitrogens is 3. The van der Waals surface area contributed by atoms with Crippen LogP contribution in [0.1, 0.15) is 36.7 Å². The Bertz CT molecular complexity index is 610. The highest BCUT2D eigenvalue weighted by Gasteiger charge is 2.10. The van der Waals surface area contributed by atoms with Crippen molar-refractivity contribution >= 4 is 22.4 Å². The smallest absolute Gasteiger partial charge is 0.227 e. The third-order valence-electron chi connectivity index (χ3n) is 3.13. The summed E-state index contributed by atoms with van der Waals surface area (Å²) < 4.78 is 5.23. The van der Waals surface area contributed by atoms with Gasteiger partial charge in [0.1, 0.15) is 5.01 Å². The lowest BCUT2D eigenvalue weighted by molar-refractivity contribution is -0.116. The Kier molecular flexibility index (Phi) is 6.02. The molecule has 0 spiro atoms. The summed E-state index contributed by atoms with van der Waals surface area (Å²) in [6, 6.07) is 1.95. The van der Waals surface area contributed by atoms with Crippen LogP contribution in [0.25, 0.3) is 0 Å². The van der Waals surface area contributed by atoms with Crippen LogP contribution in [0.5, 0.6) is 0 Å². The highest BCUT2D eigenvalue weighted by Crippen LogP contribution is 2.15. The van der Waals surface area contributed by atoms with Crippen molar-refractivity contribution in [1.29, 1.82) is 0 Å². The second-order valence-electron chi connectivity index (χ2n) is 5.03. The maximum absolute atomic E-state index is 11.9. The fraction of sp³-hybridized carbons (Fsp3) is 0.571. The Morgan fingerprint density at radius 1 is 1.36 bits per heavy atom. The van der Waals surface area contributed by atoms with Crippen LogP contribution in [-0.4, -0.2) is 39.8 Å². The van der Waals surface area contributed by atoms with Gasteiger partial charge in [0.2, 0.25) is 11.0 Å². The van der Waals surface area contributed by atoms with Gasteiger partial charge in [-0.3, -0.25) is 9.69 Å². The van der Waals surface area contributed by atoms with Crippen LogP contribution in [0.15, 0.2) is 10.6 Å². The molecule has 2 aromatic rings. The number of carbonyl (C=O) groups is 1. The van der Waals surface area contributed by atoms with Gasteiger partial charge in [-0.25, -0.2) is 0 Å². The summed E-state index contributed by atoms with van der Waals surface area (Å²) in [6.07, 6.45) is 2.08. The molecule has 2 rings (SSSR count). The van der Waals surface area contributed by atoms with Gasteiger partial charge in [0.05, 0.1) is 12.2 Å². The van der Waals surface area contributed by atoms with E-state index in [1.165, 1.54) is 11.3 Å². The molecule has 0 aromatic carbocycles. The van der Waals surface area contributed by atoms with Gasteiger partial charge < -0.3 is 9.84 Å². The number of amides is 1. The predicted molar refractivity (Wildman–Crippen MR) is 84.7 cm³/mol. The van der Waals surface area contributed by atoms with Crippen molar-refractivity contribution in [2.45, 2.75) is 39.7 Å². The molecule has 8 heteroatoms. The molecule has 0 aliphatic carbocycles. The van der Waals surface area contributed by atoms with E-state index < -0.39 is 0 Å². The Labute approximate surface area is 133 Å². The number of nitrogens with zero attached hydrogens (tertiary/aromatic N) is 4. The van der Waals surface area contributed by atoms with Crippen molar-refractivity contribution in [3.8, 4) is 0 Å². The minimum Gasteiger partial charge on any atom is -0.360 e. The molecule has 120 valence electrons. The number of nitrogens with one attached hydrogen (secondary N) is 1. The number of rotatable bonds is 8. The predicted octanol–water partition coefficient (Wildman–Crippen LogP) is 2.11. The van der Waals surface area contributed by atoms with E-state index in [0.29, 0.717) is 24.6 Å². The summed E-state index contributed by atoms with van der Waals surface area (Å²) in [7, 11) is 1.95. The van der Waals surface area contributed by atoms with E-state index >= 15 is 0 Å². The third-order valence-corrected chi connectivity index (χ3v) is 4.11. The number of aryl methyl sites for hydroxylation is 2. The van der Waals surface area contributed by atoms with Gasteiger partial charge in [-0.1, -0.05) is 30.3 Å². The van der Waals surface area contributed by atoms with Crippen LogP contribution < -0.4 is 5.32 Å².